The minimum absolute atomic E-state index is 1.02. The van der Waals surface area contributed by atoms with Gasteiger partial charge in [0.25, 0.3) is 0 Å². The van der Waals surface area contributed by atoms with Crippen LogP contribution in [0.25, 0.3) is 90.5 Å². The molecular formula is C31H16N2S3. The third-order valence-corrected chi connectivity index (χ3v) is 11.1. The normalized spacial score (nSPS) is 13.9. The lowest BCUT2D eigenvalue weighted by atomic mass is 9.84. The lowest BCUT2D eigenvalue weighted by Crippen LogP contribution is -1.92. The number of fused-ring (bicyclic) bond motifs is 21. The van der Waals surface area contributed by atoms with Gasteiger partial charge < -0.3 is 9.97 Å². The highest BCUT2D eigenvalue weighted by atomic mass is 32.1. The fraction of sp³-hybridized carbons (Fsp3) is 0.0323. The molecule has 36 heavy (non-hydrogen) atoms. The first-order valence-corrected chi connectivity index (χ1v) is 14.8. The average molecular weight is 513 g/mol. The summed E-state index contributed by atoms with van der Waals surface area (Å²) in [5, 5.41) is 22.0. The van der Waals surface area contributed by atoms with Crippen molar-refractivity contribution in [3.05, 3.63) is 76.1 Å². The monoisotopic (exact) mass is 512 g/mol. The molecule has 0 spiro atoms. The minimum Gasteiger partial charge on any atom is -0.360 e. The quantitative estimate of drug-likeness (QED) is 0.189. The SMILES string of the molecule is C1=Cc2c(c3sccc3c3c2c2c4ccsc4c4[nH]ccc4c2c2c4ccsc4c4[nH]ccc4c32)C1. The van der Waals surface area contributed by atoms with Crippen LogP contribution in [-0.2, 0) is 6.42 Å². The molecule has 5 aromatic heterocycles. The molecule has 2 N–H and O–H groups in total. The van der Waals surface area contributed by atoms with Gasteiger partial charge >= 0.3 is 0 Å². The van der Waals surface area contributed by atoms with Crippen molar-refractivity contribution in [3.63, 3.8) is 0 Å². The molecule has 0 atom stereocenters. The first-order chi connectivity index (χ1) is 17.9. The summed E-state index contributed by atoms with van der Waals surface area (Å²) in [6.07, 6.45) is 9.99. The molecule has 0 radical (unpaired) electrons. The van der Waals surface area contributed by atoms with Gasteiger partial charge in [0.15, 0.2) is 0 Å². The van der Waals surface area contributed by atoms with E-state index in [1.807, 2.05) is 34.0 Å². The Labute approximate surface area is 216 Å². The third-order valence-electron chi connectivity index (χ3n) is 8.27. The van der Waals surface area contributed by atoms with Crippen molar-refractivity contribution in [1.29, 1.82) is 0 Å². The summed E-state index contributed by atoms with van der Waals surface area (Å²) in [6.45, 7) is 0. The second kappa shape index (κ2) is 6.19. The number of aromatic nitrogens is 2. The number of aromatic amines is 2. The summed E-state index contributed by atoms with van der Waals surface area (Å²) in [7, 11) is 0. The van der Waals surface area contributed by atoms with Crippen LogP contribution in [-0.4, -0.2) is 9.97 Å². The van der Waals surface area contributed by atoms with E-state index in [-0.39, 0.29) is 0 Å². The number of benzene rings is 4. The largest absolute Gasteiger partial charge is 0.360 e. The number of rotatable bonds is 0. The second-order valence-corrected chi connectivity index (χ2v) is 12.5. The van der Waals surface area contributed by atoms with E-state index in [9.17, 15) is 0 Å². The number of hydrogen-bond donors (Lipinski definition) is 2. The van der Waals surface area contributed by atoms with Gasteiger partial charge in [-0.05, 0) is 69.4 Å². The first kappa shape index (κ1) is 18.6. The fourth-order valence-corrected chi connectivity index (χ4v) is 9.81. The number of H-pyrrole nitrogens is 2. The van der Waals surface area contributed by atoms with Crippen LogP contribution in [0.5, 0.6) is 0 Å². The maximum atomic E-state index is 3.60. The van der Waals surface area contributed by atoms with Crippen LogP contribution in [0.1, 0.15) is 11.1 Å². The topological polar surface area (TPSA) is 31.6 Å². The maximum Gasteiger partial charge on any atom is 0.0641 e. The zero-order chi connectivity index (χ0) is 23.1. The van der Waals surface area contributed by atoms with Crippen LogP contribution in [0.3, 0.4) is 0 Å². The number of nitrogens with one attached hydrogen (secondary N) is 2. The molecule has 0 bridgehead atoms. The van der Waals surface area contributed by atoms with E-state index in [4.69, 9.17) is 0 Å². The van der Waals surface area contributed by atoms with Gasteiger partial charge in [-0.15, -0.1) is 34.0 Å². The highest BCUT2D eigenvalue weighted by Gasteiger charge is 2.26. The summed E-state index contributed by atoms with van der Waals surface area (Å²) in [4.78, 5) is 7.20. The molecule has 0 saturated carbocycles. The van der Waals surface area contributed by atoms with Crippen molar-refractivity contribution in [2.45, 2.75) is 6.42 Å². The lowest BCUT2D eigenvalue weighted by Gasteiger charge is -2.18. The minimum atomic E-state index is 1.02. The molecule has 0 amide bonds. The number of hydrogen-bond acceptors (Lipinski definition) is 3. The summed E-state index contributed by atoms with van der Waals surface area (Å²) >= 11 is 5.58. The first-order valence-electron chi connectivity index (χ1n) is 12.1. The molecule has 5 heterocycles. The fourth-order valence-electron chi connectivity index (χ4n) is 6.99. The predicted molar refractivity (Wildman–Crippen MR) is 162 cm³/mol. The molecular weight excluding hydrogens is 497 g/mol. The smallest absolute Gasteiger partial charge is 0.0641 e. The Morgan fingerprint density at radius 1 is 0.528 bits per heavy atom. The zero-order valence-electron chi connectivity index (χ0n) is 18.9. The standard InChI is InChI=1S/C31H16N2S3/c1-2-14-15(3-1)29-18(6-11-34-29)24-21(14)25-19-7-12-35-30(19)28-17(5-10-33-28)23(25)26-20-8-13-36-31(20)27-16(22(24)26)4-9-32-27/h1-2,4-13,32-33H,3H2. The van der Waals surface area contributed by atoms with Gasteiger partial charge in [0.1, 0.15) is 0 Å². The number of allylic oxidation sites excluding steroid dienone is 1. The average Bonchev–Trinajstić information content (AvgIpc) is 3.73. The van der Waals surface area contributed by atoms with Crippen LogP contribution < -0.4 is 0 Å². The molecule has 2 nitrogen and oxygen atoms in total. The Bertz CT molecular complexity index is 2390. The van der Waals surface area contributed by atoms with Crippen molar-refractivity contribution < 1.29 is 0 Å². The van der Waals surface area contributed by atoms with Gasteiger partial charge in [0.2, 0.25) is 0 Å². The van der Waals surface area contributed by atoms with Crippen molar-refractivity contribution in [2.24, 2.45) is 0 Å². The molecule has 168 valence electrons. The predicted octanol–water partition coefficient (Wildman–Crippen LogP) is 10.3. The molecule has 10 rings (SSSR count). The van der Waals surface area contributed by atoms with Crippen molar-refractivity contribution in [3.8, 4) is 0 Å². The van der Waals surface area contributed by atoms with E-state index in [1.54, 1.807) is 0 Å². The van der Waals surface area contributed by atoms with Gasteiger partial charge in [-0.2, -0.15) is 0 Å². The van der Waals surface area contributed by atoms with E-state index >= 15 is 0 Å². The lowest BCUT2D eigenvalue weighted by molar-refractivity contribution is 1.37. The molecule has 1 aliphatic rings. The van der Waals surface area contributed by atoms with Crippen LogP contribution in [0.15, 0.2) is 64.9 Å². The molecule has 9 aromatic rings. The van der Waals surface area contributed by atoms with Crippen molar-refractivity contribution in [2.75, 3.05) is 0 Å². The van der Waals surface area contributed by atoms with Gasteiger partial charge in [-0.3, -0.25) is 0 Å². The highest BCUT2D eigenvalue weighted by molar-refractivity contribution is 7.19. The Hall–Kier alpha value is -3.64. The Morgan fingerprint density at radius 2 is 1.03 bits per heavy atom. The number of thiophene rings is 3. The van der Waals surface area contributed by atoms with Gasteiger partial charge in [-0.1, -0.05) is 12.2 Å². The second-order valence-electron chi connectivity index (χ2n) is 9.77. The molecule has 4 aromatic carbocycles. The summed E-state index contributed by atoms with van der Waals surface area (Å²) < 4.78 is 4.15. The van der Waals surface area contributed by atoms with Crippen LogP contribution in [0.4, 0.5) is 0 Å². The van der Waals surface area contributed by atoms with E-state index in [1.165, 1.54) is 95.5 Å². The third kappa shape index (κ3) is 1.93. The van der Waals surface area contributed by atoms with Gasteiger partial charge in [0.05, 0.1) is 20.4 Å². The zero-order valence-corrected chi connectivity index (χ0v) is 21.3. The van der Waals surface area contributed by atoms with E-state index < -0.39 is 0 Å². The van der Waals surface area contributed by atoms with Crippen LogP contribution in [0.2, 0.25) is 0 Å². The van der Waals surface area contributed by atoms with Crippen molar-refractivity contribution >= 4 is 124 Å². The van der Waals surface area contributed by atoms with E-state index in [0.717, 1.165) is 6.42 Å². The maximum absolute atomic E-state index is 3.60. The Balaban J connectivity index is 1.76. The molecule has 1 aliphatic carbocycles. The summed E-state index contributed by atoms with van der Waals surface area (Å²) in [5.74, 6) is 0. The highest BCUT2D eigenvalue weighted by Crippen LogP contribution is 2.53. The van der Waals surface area contributed by atoms with Gasteiger partial charge in [-0.25, -0.2) is 0 Å². The molecule has 0 aliphatic heterocycles. The summed E-state index contributed by atoms with van der Waals surface area (Å²) in [6, 6.07) is 11.6. The summed E-state index contributed by atoms with van der Waals surface area (Å²) in [5.41, 5.74) is 5.43. The molecule has 0 fully saturated rings. The molecule has 0 unspecified atom stereocenters. The van der Waals surface area contributed by atoms with Gasteiger partial charge in [0, 0.05) is 71.0 Å². The van der Waals surface area contributed by atoms with E-state index in [2.05, 4.69) is 81.0 Å². The Kier molecular flexibility index (Phi) is 3.20. The van der Waals surface area contributed by atoms with E-state index in [0.29, 0.717) is 0 Å². The van der Waals surface area contributed by atoms with Crippen LogP contribution in [0, 0.1) is 0 Å². The van der Waals surface area contributed by atoms with Crippen molar-refractivity contribution in [1.82, 2.24) is 9.97 Å². The molecule has 0 saturated heterocycles. The molecule has 5 heteroatoms. The Morgan fingerprint density at radius 3 is 1.64 bits per heavy atom. The van der Waals surface area contributed by atoms with Crippen LogP contribution >= 0.6 is 34.0 Å².